The van der Waals surface area contributed by atoms with Crippen molar-refractivity contribution in [3.05, 3.63) is 34.5 Å². The first-order valence-electron chi connectivity index (χ1n) is 5.42. The topological polar surface area (TPSA) is 97.5 Å². The summed E-state index contributed by atoms with van der Waals surface area (Å²) in [4.78, 5) is 15.9. The Labute approximate surface area is 125 Å². The quantitative estimate of drug-likeness (QED) is 0.459. The van der Waals surface area contributed by atoms with Gasteiger partial charge >= 0.3 is 125 Å². The first-order valence-corrected chi connectivity index (χ1v) is 8.83. The third-order valence-electron chi connectivity index (χ3n) is 2.79. The number of phenols is 1. The second-order valence-electron chi connectivity index (χ2n) is 3.94. The number of rotatable bonds is 2. The molecule has 1 N–H and O–H groups in total. The standard InChI is InChI=1S/C12H5As2NO5/c16-7-3-1-5-11(9(7)13-18)20-12-6(15-5)2-4-8(17)10(12)14-19/h1-4,16H. The van der Waals surface area contributed by atoms with Crippen LogP contribution in [0.25, 0.3) is 22.6 Å². The van der Waals surface area contributed by atoms with Crippen molar-refractivity contribution >= 4 is 51.2 Å². The van der Waals surface area contributed by atoms with Gasteiger partial charge in [-0.2, -0.15) is 0 Å². The summed E-state index contributed by atoms with van der Waals surface area (Å²) in [5.74, 6) is -0.0193. The second kappa shape index (κ2) is 5.04. The monoisotopic (exact) mass is 393 g/mol. The van der Waals surface area contributed by atoms with E-state index in [0.717, 1.165) is 0 Å². The van der Waals surface area contributed by atoms with Crippen molar-refractivity contribution in [2.75, 3.05) is 0 Å². The molecular formula is C12H5As2NO5. The van der Waals surface area contributed by atoms with Crippen molar-refractivity contribution < 1.29 is 17.0 Å². The van der Waals surface area contributed by atoms with E-state index in [4.69, 9.17) is 4.42 Å². The molecule has 0 radical (unpaired) electrons. The molecular weight excluding hydrogens is 388 g/mol. The van der Waals surface area contributed by atoms with E-state index in [1.165, 1.54) is 24.3 Å². The van der Waals surface area contributed by atoms with Crippen molar-refractivity contribution in [1.29, 1.82) is 0 Å². The zero-order valence-electron chi connectivity index (χ0n) is 9.73. The molecule has 0 amide bonds. The zero-order chi connectivity index (χ0) is 14.3. The molecule has 1 aromatic carbocycles. The molecule has 0 unspecified atom stereocenters. The Balaban J connectivity index is 2.55. The van der Waals surface area contributed by atoms with E-state index < -0.39 is 31.4 Å². The van der Waals surface area contributed by atoms with E-state index in [1.807, 2.05) is 0 Å². The number of hydrogen-bond acceptors (Lipinski definition) is 6. The Morgan fingerprint density at radius 3 is 2.50 bits per heavy atom. The summed E-state index contributed by atoms with van der Waals surface area (Å²) in [7, 11) is 0. The minimum atomic E-state index is -1.58. The van der Waals surface area contributed by atoms with Gasteiger partial charge in [0.2, 0.25) is 0 Å². The normalized spacial score (nSPS) is 11.6. The van der Waals surface area contributed by atoms with E-state index in [-0.39, 0.29) is 31.2 Å². The number of aromatic hydroxyl groups is 1. The Hall–Kier alpha value is -1.64. The van der Waals surface area contributed by atoms with Crippen molar-refractivity contribution in [3.8, 4) is 17.2 Å². The molecule has 0 aromatic heterocycles. The fourth-order valence-electron chi connectivity index (χ4n) is 1.88. The van der Waals surface area contributed by atoms with E-state index in [0.29, 0.717) is 11.2 Å². The van der Waals surface area contributed by atoms with E-state index in [1.54, 1.807) is 0 Å². The van der Waals surface area contributed by atoms with Gasteiger partial charge in [-0.15, -0.1) is 0 Å². The summed E-state index contributed by atoms with van der Waals surface area (Å²) in [6, 6.07) is 5.70. The van der Waals surface area contributed by atoms with Gasteiger partial charge in [0, 0.05) is 0 Å². The van der Waals surface area contributed by atoms with E-state index in [2.05, 4.69) is 4.98 Å². The molecule has 6 nitrogen and oxygen atoms in total. The van der Waals surface area contributed by atoms with Crippen molar-refractivity contribution in [2.45, 2.75) is 0 Å². The summed E-state index contributed by atoms with van der Waals surface area (Å²) in [6.07, 6.45) is 0. The molecule has 0 saturated carbocycles. The van der Waals surface area contributed by atoms with Gasteiger partial charge in [-0.3, -0.25) is 0 Å². The van der Waals surface area contributed by atoms with Gasteiger partial charge in [0.25, 0.3) is 0 Å². The summed E-state index contributed by atoms with van der Waals surface area (Å²) < 4.78 is 28.3. The number of hydrogen-bond donors (Lipinski definition) is 1. The fourth-order valence-corrected chi connectivity index (χ4v) is 3.59. The second-order valence-corrected chi connectivity index (χ2v) is 6.58. The molecule has 0 spiro atoms. The molecule has 1 aliphatic carbocycles. The molecule has 1 heterocycles. The maximum atomic E-state index is 11.7. The fraction of sp³-hybridized carbons (Fsp3) is 0. The van der Waals surface area contributed by atoms with Crippen molar-refractivity contribution in [1.82, 2.24) is 4.98 Å². The first kappa shape index (κ1) is 13.3. The average molecular weight is 393 g/mol. The molecule has 8 heteroatoms. The van der Waals surface area contributed by atoms with Crippen LogP contribution in [0.5, 0.6) is 5.75 Å². The van der Waals surface area contributed by atoms with Crippen LogP contribution in [0.1, 0.15) is 0 Å². The summed E-state index contributed by atoms with van der Waals surface area (Å²) in [6.45, 7) is 0. The Morgan fingerprint density at radius 2 is 1.80 bits per heavy atom. The van der Waals surface area contributed by atoms with Gasteiger partial charge in [0.05, 0.1) is 0 Å². The van der Waals surface area contributed by atoms with Crippen LogP contribution in [-0.2, 0) is 7.48 Å². The molecule has 20 heavy (non-hydrogen) atoms. The van der Waals surface area contributed by atoms with Crippen LogP contribution in [-0.4, -0.2) is 41.5 Å². The number of phenolic OH excluding ortho intramolecular Hbond substituents is 1. The van der Waals surface area contributed by atoms with E-state index >= 15 is 0 Å². The Kier molecular flexibility index (Phi) is 3.36. The van der Waals surface area contributed by atoms with Crippen LogP contribution < -0.4 is 14.1 Å². The van der Waals surface area contributed by atoms with Crippen LogP contribution in [0, 0.1) is 0 Å². The van der Waals surface area contributed by atoms with Crippen molar-refractivity contribution in [3.63, 3.8) is 0 Å². The van der Waals surface area contributed by atoms with Crippen LogP contribution >= 0.6 is 0 Å². The van der Waals surface area contributed by atoms with Gasteiger partial charge in [-0.25, -0.2) is 0 Å². The number of benzene rings is 2. The van der Waals surface area contributed by atoms with Crippen LogP contribution in [0.2, 0.25) is 0 Å². The van der Waals surface area contributed by atoms with Gasteiger partial charge in [-0.05, 0) is 0 Å². The third-order valence-corrected chi connectivity index (χ3v) is 5.35. The predicted octanol–water partition coefficient (Wildman–Crippen LogP) is -0.652. The van der Waals surface area contributed by atoms with Crippen LogP contribution in [0.3, 0.4) is 0 Å². The molecule has 1 aliphatic heterocycles. The SMILES string of the molecule is O=[As]c1c2oc3c([As]=O)c(O)ccc3nc-2ccc1=O. The predicted molar refractivity (Wildman–Crippen MR) is 70.7 cm³/mol. The molecule has 1 aromatic rings. The maximum absolute atomic E-state index is 11.7. The molecule has 2 aliphatic rings. The third kappa shape index (κ3) is 1.96. The van der Waals surface area contributed by atoms with Gasteiger partial charge in [0.15, 0.2) is 0 Å². The van der Waals surface area contributed by atoms with Crippen molar-refractivity contribution in [2.24, 2.45) is 0 Å². The zero-order valence-corrected chi connectivity index (χ0v) is 13.5. The van der Waals surface area contributed by atoms with Gasteiger partial charge < -0.3 is 0 Å². The molecule has 0 bridgehead atoms. The molecule has 0 saturated heterocycles. The van der Waals surface area contributed by atoms with Crippen LogP contribution in [0.4, 0.5) is 0 Å². The molecule has 3 rings (SSSR count). The average Bonchev–Trinajstić information content (AvgIpc) is 2.45. The van der Waals surface area contributed by atoms with Gasteiger partial charge in [-0.1, -0.05) is 0 Å². The molecule has 0 atom stereocenters. The van der Waals surface area contributed by atoms with E-state index in [9.17, 15) is 17.4 Å². The number of fused-ring (bicyclic) bond motifs is 2. The first-order chi connectivity index (χ1) is 9.65. The summed E-state index contributed by atoms with van der Waals surface area (Å²) in [5, 5.41) is 9.68. The van der Waals surface area contributed by atoms with Gasteiger partial charge in [0.1, 0.15) is 0 Å². The summed E-state index contributed by atoms with van der Waals surface area (Å²) in [5.41, 5.74) is 0.601. The molecule has 98 valence electrons. The summed E-state index contributed by atoms with van der Waals surface area (Å²) >= 11 is -3.11. The Morgan fingerprint density at radius 1 is 1.05 bits per heavy atom. The number of aromatic nitrogens is 1. The van der Waals surface area contributed by atoms with Crippen LogP contribution in [0.15, 0.2) is 33.5 Å². The Bertz CT molecular complexity index is 889. The minimum absolute atomic E-state index is 0.0737. The number of nitrogens with zero attached hydrogens (tertiary/aromatic N) is 1. The molecule has 0 fully saturated rings.